The number of piperidine rings is 1. The standard InChI is InChI=1S/C23H28N2O3S/c1-17(2)18-6-8-19(9-7-18)23(26)25-15-12-20-16-21(10-11-22(20)25)29(27,28)24-13-4-3-5-14-24/h6-11,16-17H,3-5,12-15H2,1-2H3. The van der Waals surface area contributed by atoms with Gasteiger partial charge in [0.1, 0.15) is 0 Å². The first kappa shape index (κ1) is 20.1. The van der Waals surface area contributed by atoms with E-state index in [0.717, 1.165) is 30.5 Å². The second-order valence-electron chi connectivity index (χ2n) is 8.24. The van der Waals surface area contributed by atoms with Crippen LogP contribution in [0.15, 0.2) is 47.4 Å². The molecular weight excluding hydrogens is 384 g/mol. The second kappa shape index (κ2) is 7.92. The highest BCUT2D eigenvalue weighted by Crippen LogP contribution is 2.33. The average molecular weight is 413 g/mol. The number of anilines is 1. The Morgan fingerprint density at radius 2 is 1.62 bits per heavy atom. The first-order valence-corrected chi connectivity index (χ1v) is 11.9. The first-order valence-electron chi connectivity index (χ1n) is 10.4. The lowest BCUT2D eigenvalue weighted by Crippen LogP contribution is -2.35. The minimum atomic E-state index is -3.46. The number of sulfonamides is 1. The van der Waals surface area contributed by atoms with Crippen LogP contribution in [0.5, 0.6) is 0 Å². The number of carbonyl (C=O) groups is 1. The highest BCUT2D eigenvalue weighted by atomic mass is 32.2. The number of benzene rings is 2. The minimum absolute atomic E-state index is 0.0364. The predicted octanol–water partition coefficient (Wildman–Crippen LogP) is 4.19. The van der Waals surface area contributed by atoms with Crippen molar-refractivity contribution in [3.63, 3.8) is 0 Å². The fourth-order valence-corrected chi connectivity index (χ4v) is 5.74. The van der Waals surface area contributed by atoms with Gasteiger partial charge in [-0.2, -0.15) is 4.31 Å². The third kappa shape index (κ3) is 3.83. The largest absolute Gasteiger partial charge is 0.308 e. The summed E-state index contributed by atoms with van der Waals surface area (Å²) in [4.78, 5) is 15.1. The predicted molar refractivity (Wildman–Crippen MR) is 115 cm³/mol. The summed E-state index contributed by atoms with van der Waals surface area (Å²) in [7, 11) is -3.46. The molecule has 0 aliphatic carbocycles. The quantitative estimate of drug-likeness (QED) is 0.757. The summed E-state index contributed by atoms with van der Waals surface area (Å²) in [6.07, 6.45) is 3.60. The molecule has 0 radical (unpaired) electrons. The fraction of sp³-hybridized carbons (Fsp3) is 0.435. The Bertz CT molecular complexity index is 1010. The van der Waals surface area contributed by atoms with Gasteiger partial charge in [-0.3, -0.25) is 4.79 Å². The van der Waals surface area contributed by atoms with Crippen molar-refractivity contribution in [3.05, 3.63) is 59.2 Å². The van der Waals surface area contributed by atoms with Crippen LogP contribution in [0.3, 0.4) is 0 Å². The van der Waals surface area contributed by atoms with E-state index in [4.69, 9.17) is 0 Å². The number of hydrogen-bond acceptors (Lipinski definition) is 3. The molecule has 5 nitrogen and oxygen atoms in total. The van der Waals surface area contributed by atoms with Gasteiger partial charge in [0, 0.05) is 30.9 Å². The molecule has 2 aromatic rings. The van der Waals surface area contributed by atoms with Crippen molar-refractivity contribution in [2.24, 2.45) is 0 Å². The van der Waals surface area contributed by atoms with Crippen LogP contribution < -0.4 is 4.90 Å². The lowest BCUT2D eigenvalue weighted by molar-refractivity contribution is 0.0989. The van der Waals surface area contributed by atoms with Crippen molar-refractivity contribution >= 4 is 21.6 Å². The van der Waals surface area contributed by atoms with Gasteiger partial charge in [-0.25, -0.2) is 8.42 Å². The van der Waals surface area contributed by atoms with Crippen LogP contribution >= 0.6 is 0 Å². The van der Waals surface area contributed by atoms with Crippen molar-refractivity contribution in [2.75, 3.05) is 24.5 Å². The van der Waals surface area contributed by atoms with Crippen molar-refractivity contribution in [1.82, 2.24) is 4.31 Å². The molecule has 0 bridgehead atoms. The molecule has 2 aliphatic rings. The second-order valence-corrected chi connectivity index (χ2v) is 10.2. The van der Waals surface area contributed by atoms with Crippen LogP contribution in [-0.4, -0.2) is 38.3 Å². The van der Waals surface area contributed by atoms with Crippen LogP contribution in [0.2, 0.25) is 0 Å². The summed E-state index contributed by atoms with van der Waals surface area (Å²) in [6, 6.07) is 13.0. The maximum atomic E-state index is 13.0. The van der Waals surface area contributed by atoms with Gasteiger partial charge >= 0.3 is 0 Å². The van der Waals surface area contributed by atoms with Crippen molar-refractivity contribution in [3.8, 4) is 0 Å². The zero-order valence-electron chi connectivity index (χ0n) is 17.1. The van der Waals surface area contributed by atoms with Crippen LogP contribution in [0.25, 0.3) is 0 Å². The van der Waals surface area contributed by atoms with E-state index in [1.165, 1.54) is 5.56 Å². The van der Waals surface area contributed by atoms with Gasteiger partial charge in [-0.15, -0.1) is 0 Å². The molecule has 0 aromatic heterocycles. The molecular formula is C23H28N2O3S. The molecule has 2 aliphatic heterocycles. The van der Waals surface area contributed by atoms with Crippen LogP contribution in [0, 0.1) is 0 Å². The first-order chi connectivity index (χ1) is 13.9. The molecule has 0 atom stereocenters. The molecule has 1 saturated heterocycles. The number of carbonyl (C=O) groups excluding carboxylic acids is 1. The summed E-state index contributed by atoms with van der Waals surface area (Å²) >= 11 is 0. The van der Waals surface area contributed by atoms with E-state index in [1.807, 2.05) is 24.3 Å². The van der Waals surface area contributed by atoms with Gasteiger partial charge in [0.15, 0.2) is 0 Å². The van der Waals surface area contributed by atoms with E-state index in [-0.39, 0.29) is 5.91 Å². The number of rotatable bonds is 4. The summed E-state index contributed by atoms with van der Waals surface area (Å²) in [6.45, 7) is 6.02. The Morgan fingerprint density at radius 3 is 2.28 bits per heavy atom. The summed E-state index contributed by atoms with van der Waals surface area (Å²) in [5.74, 6) is 0.387. The molecule has 29 heavy (non-hydrogen) atoms. The van der Waals surface area contributed by atoms with E-state index in [1.54, 1.807) is 27.4 Å². The van der Waals surface area contributed by atoms with Crippen LogP contribution in [0.1, 0.15) is 60.5 Å². The summed E-state index contributed by atoms with van der Waals surface area (Å²) in [5.41, 5.74) is 3.61. The van der Waals surface area contributed by atoms with Crippen LogP contribution in [-0.2, 0) is 16.4 Å². The van der Waals surface area contributed by atoms with Gasteiger partial charge in [0.25, 0.3) is 5.91 Å². The molecule has 2 aromatic carbocycles. The Kier molecular flexibility index (Phi) is 5.49. The minimum Gasteiger partial charge on any atom is -0.308 e. The number of fused-ring (bicyclic) bond motifs is 1. The molecule has 6 heteroatoms. The highest BCUT2D eigenvalue weighted by Gasteiger charge is 2.30. The zero-order valence-corrected chi connectivity index (χ0v) is 17.9. The topological polar surface area (TPSA) is 57.7 Å². The Morgan fingerprint density at radius 1 is 0.931 bits per heavy atom. The van der Waals surface area contributed by atoms with Crippen molar-refractivity contribution in [1.29, 1.82) is 0 Å². The molecule has 4 rings (SSSR count). The maximum Gasteiger partial charge on any atom is 0.258 e. The molecule has 1 amide bonds. The SMILES string of the molecule is CC(C)c1ccc(C(=O)N2CCc3cc(S(=O)(=O)N4CCCCC4)ccc32)cc1. The normalized spacial score (nSPS) is 17.6. The molecule has 2 heterocycles. The van der Waals surface area contributed by atoms with Crippen LogP contribution in [0.4, 0.5) is 5.69 Å². The van der Waals surface area contributed by atoms with Gasteiger partial charge in [0.05, 0.1) is 4.90 Å². The van der Waals surface area contributed by atoms with Crippen molar-refractivity contribution < 1.29 is 13.2 Å². The molecule has 0 unspecified atom stereocenters. The average Bonchev–Trinajstić information content (AvgIpc) is 3.17. The number of nitrogens with zero attached hydrogens (tertiary/aromatic N) is 2. The van der Waals surface area contributed by atoms with Crippen molar-refractivity contribution in [2.45, 2.75) is 50.3 Å². The zero-order chi connectivity index (χ0) is 20.6. The van der Waals surface area contributed by atoms with E-state index >= 15 is 0 Å². The molecule has 0 N–H and O–H groups in total. The third-order valence-corrected chi connectivity index (χ3v) is 7.86. The molecule has 0 saturated carbocycles. The van der Waals surface area contributed by atoms with E-state index in [2.05, 4.69) is 13.8 Å². The molecule has 154 valence electrons. The third-order valence-electron chi connectivity index (χ3n) is 5.97. The lowest BCUT2D eigenvalue weighted by Gasteiger charge is -2.26. The smallest absolute Gasteiger partial charge is 0.258 e. The Labute approximate surface area is 173 Å². The van der Waals surface area contributed by atoms with Gasteiger partial charge in [0.2, 0.25) is 10.0 Å². The van der Waals surface area contributed by atoms with E-state index in [9.17, 15) is 13.2 Å². The molecule has 0 spiro atoms. The van der Waals surface area contributed by atoms with Gasteiger partial charge in [-0.05, 0) is 66.6 Å². The Balaban J connectivity index is 1.57. The van der Waals surface area contributed by atoms with Gasteiger partial charge in [-0.1, -0.05) is 32.4 Å². The fourth-order valence-electron chi connectivity index (χ4n) is 4.17. The Hall–Kier alpha value is -2.18. The van der Waals surface area contributed by atoms with E-state index < -0.39 is 10.0 Å². The van der Waals surface area contributed by atoms with E-state index in [0.29, 0.717) is 42.4 Å². The number of amides is 1. The summed E-state index contributed by atoms with van der Waals surface area (Å²) in [5, 5.41) is 0. The maximum absolute atomic E-state index is 13.0. The van der Waals surface area contributed by atoms with Gasteiger partial charge < -0.3 is 4.90 Å². The molecule has 1 fully saturated rings. The summed E-state index contributed by atoms with van der Waals surface area (Å²) < 4.78 is 27.5. The highest BCUT2D eigenvalue weighted by molar-refractivity contribution is 7.89. The monoisotopic (exact) mass is 412 g/mol. The lowest BCUT2D eigenvalue weighted by atomic mass is 10.0. The number of hydrogen-bond donors (Lipinski definition) is 0.